The molecule has 3 aromatic rings. The average Bonchev–Trinajstić information content (AvgIpc) is 3.24. The lowest BCUT2D eigenvalue weighted by atomic mass is 9.97. The highest BCUT2D eigenvalue weighted by Gasteiger charge is 2.34. The number of fused-ring (bicyclic) bond motifs is 4. The maximum Gasteiger partial charge on any atom is 0.260 e. The van der Waals surface area contributed by atoms with Gasteiger partial charge >= 0.3 is 0 Å². The molecule has 2 aliphatic carbocycles. The number of carbonyl (C=O) groups is 1. The van der Waals surface area contributed by atoms with E-state index in [4.69, 9.17) is 14.5 Å². The minimum absolute atomic E-state index is 0.0270. The monoisotopic (exact) mass is 428 g/mol. The molecule has 0 radical (unpaired) electrons. The molecule has 0 saturated heterocycles. The quantitative estimate of drug-likeness (QED) is 0.637. The molecule has 8 heteroatoms. The summed E-state index contributed by atoms with van der Waals surface area (Å²) in [5.74, 6) is 1.18. The van der Waals surface area contributed by atoms with Crippen molar-refractivity contribution in [2.75, 3.05) is 14.2 Å². The maximum atomic E-state index is 12.9. The number of rotatable bonds is 4. The summed E-state index contributed by atoms with van der Waals surface area (Å²) in [6.07, 6.45) is 4.84. The summed E-state index contributed by atoms with van der Waals surface area (Å²) in [4.78, 5) is 35.4. The summed E-state index contributed by atoms with van der Waals surface area (Å²) in [5, 5.41) is 0.924. The Morgan fingerprint density at radius 2 is 1.90 bits per heavy atom. The molecule has 0 bridgehead atoms. The Hall–Kier alpha value is -2.32. The van der Waals surface area contributed by atoms with Gasteiger partial charge in [-0.1, -0.05) is 11.8 Å². The third-order valence-electron chi connectivity index (χ3n) is 5.63. The largest absolute Gasteiger partial charge is 0.493 e. The van der Waals surface area contributed by atoms with Crippen LogP contribution in [0.25, 0.3) is 10.2 Å². The molecule has 0 fully saturated rings. The molecule has 0 aliphatic heterocycles. The third-order valence-corrected chi connectivity index (χ3v) is 7.90. The molecule has 150 valence electrons. The molecule has 0 spiro atoms. The first-order valence-corrected chi connectivity index (χ1v) is 11.3. The highest BCUT2D eigenvalue weighted by atomic mass is 32.2. The Morgan fingerprint density at radius 1 is 1.14 bits per heavy atom. The van der Waals surface area contributed by atoms with E-state index in [0.717, 1.165) is 35.0 Å². The standard InChI is InChI=1S/C21H20N2O4S2/c1-26-13-7-10-8-16(18(24)12(10)9-14(13)27-2)29-21-22-19(25)17-11-5-3-4-6-15(11)28-20(17)23-21/h7,9,16H,3-6,8H2,1-2H3,(H,22,23,25)/t16-/m1/s1. The van der Waals surface area contributed by atoms with E-state index in [-0.39, 0.29) is 16.6 Å². The molecule has 2 aliphatic rings. The second-order valence-electron chi connectivity index (χ2n) is 7.30. The number of Topliss-reactive ketones (excluding diaryl/α,β-unsaturated/α-hetero) is 1. The Morgan fingerprint density at radius 3 is 2.69 bits per heavy atom. The van der Waals surface area contributed by atoms with Crippen molar-refractivity contribution < 1.29 is 14.3 Å². The van der Waals surface area contributed by atoms with E-state index < -0.39 is 0 Å². The highest BCUT2D eigenvalue weighted by Crippen LogP contribution is 2.40. The molecule has 1 atom stereocenters. The summed E-state index contributed by atoms with van der Waals surface area (Å²) in [7, 11) is 3.14. The minimum atomic E-state index is -0.322. The number of methoxy groups -OCH3 is 2. The number of thioether (sulfide) groups is 1. The number of hydrogen-bond donors (Lipinski definition) is 1. The number of nitrogens with one attached hydrogen (secondary N) is 1. The normalized spacial score (nSPS) is 18.0. The molecule has 1 aromatic carbocycles. The molecule has 6 nitrogen and oxygen atoms in total. The number of aryl methyl sites for hydroxylation is 2. The number of benzene rings is 1. The van der Waals surface area contributed by atoms with Crippen molar-refractivity contribution in [3.8, 4) is 11.5 Å². The molecular formula is C21H20N2O4S2. The van der Waals surface area contributed by atoms with Crippen LogP contribution >= 0.6 is 23.1 Å². The number of ether oxygens (including phenoxy) is 2. The van der Waals surface area contributed by atoms with E-state index in [2.05, 4.69) is 4.98 Å². The number of H-pyrrole nitrogens is 1. The van der Waals surface area contributed by atoms with Crippen LogP contribution in [0.5, 0.6) is 11.5 Å². The van der Waals surface area contributed by atoms with Crippen LogP contribution in [0.2, 0.25) is 0 Å². The Kier molecular flexibility index (Phi) is 4.63. The summed E-state index contributed by atoms with van der Waals surface area (Å²) in [6.45, 7) is 0. The van der Waals surface area contributed by atoms with E-state index in [1.807, 2.05) is 6.07 Å². The molecule has 1 N–H and O–H groups in total. The van der Waals surface area contributed by atoms with Gasteiger partial charge in [0.2, 0.25) is 0 Å². The van der Waals surface area contributed by atoms with Gasteiger partial charge < -0.3 is 14.5 Å². The molecule has 5 rings (SSSR count). The van der Waals surface area contributed by atoms with Crippen LogP contribution in [-0.2, 0) is 19.3 Å². The van der Waals surface area contributed by atoms with Crippen molar-refractivity contribution in [3.05, 3.63) is 44.1 Å². The van der Waals surface area contributed by atoms with Gasteiger partial charge in [0, 0.05) is 10.4 Å². The fourth-order valence-electron chi connectivity index (χ4n) is 4.22. The molecular weight excluding hydrogens is 408 g/mol. The Bertz CT molecular complexity index is 1200. The second kappa shape index (κ2) is 7.18. The first-order valence-electron chi connectivity index (χ1n) is 9.59. The van der Waals surface area contributed by atoms with Crippen molar-refractivity contribution in [3.63, 3.8) is 0 Å². The molecule has 2 aromatic heterocycles. The molecule has 0 unspecified atom stereocenters. The number of aromatic amines is 1. The van der Waals surface area contributed by atoms with Crippen molar-refractivity contribution in [2.24, 2.45) is 0 Å². The summed E-state index contributed by atoms with van der Waals surface area (Å²) in [5.41, 5.74) is 2.66. The molecule has 2 heterocycles. The summed E-state index contributed by atoms with van der Waals surface area (Å²) in [6, 6.07) is 3.60. The maximum absolute atomic E-state index is 12.9. The van der Waals surface area contributed by atoms with E-state index in [0.29, 0.717) is 28.6 Å². The Labute approximate surface area is 175 Å². The zero-order valence-corrected chi connectivity index (χ0v) is 17.8. The smallest absolute Gasteiger partial charge is 0.260 e. The van der Waals surface area contributed by atoms with Crippen LogP contribution < -0.4 is 15.0 Å². The van der Waals surface area contributed by atoms with Gasteiger partial charge in [-0.05, 0) is 55.4 Å². The summed E-state index contributed by atoms with van der Waals surface area (Å²) < 4.78 is 10.7. The number of carbonyl (C=O) groups excluding carboxylic acids is 1. The van der Waals surface area contributed by atoms with Crippen LogP contribution in [0, 0.1) is 0 Å². The van der Waals surface area contributed by atoms with Crippen molar-refractivity contribution >= 4 is 39.1 Å². The van der Waals surface area contributed by atoms with E-state index >= 15 is 0 Å². The fourth-order valence-corrected chi connectivity index (χ4v) is 6.60. The van der Waals surface area contributed by atoms with Crippen molar-refractivity contribution in [1.29, 1.82) is 0 Å². The van der Waals surface area contributed by atoms with Gasteiger partial charge in [0.25, 0.3) is 5.56 Å². The zero-order chi connectivity index (χ0) is 20.1. The van der Waals surface area contributed by atoms with Crippen molar-refractivity contribution in [1.82, 2.24) is 9.97 Å². The lowest BCUT2D eigenvalue weighted by Crippen LogP contribution is -2.15. The first-order chi connectivity index (χ1) is 14.1. The van der Waals surface area contributed by atoms with Gasteiger partial charge in [-0.2, -0.15) is 0 Å². The molecule has 29 heavy (non-hydrogen) atoms. The highest BCUT2D eigenvalue weighted by molar-refractivity contribution is 8.00. The predicted molar refractivity (Wildman–Crippen MR) is 114 cm³/mol. The van der Waals surface area contributed by atoms with Gasteiger partial charge in [-0.25, -0.2) is 4.98 Å². The van der Waals surface area contributed by atoms with Crippen molar-refractivity contribution in [2.45, 2.75) is 42.5 Å². The lowest BCUT2D eigenvalue weighted by molar-refractivity contribution is 0.1000. The van der Waals surface area contributed by atoms with Crippen LogP contribution in [0.1, 0.15) is 39.2 Å². The topological polar surface area (TPSA) is 81.3 Å². The molecule has 0 amide bonds. The van der Waals surface area contributed by atoms with Crippen LogP contribution in [0.3, 0.4) is 0 Å². The summed E-state index contributed by atoms with van der Waals surface area (Å²) >= 11 is 2.95. The average molecular weight is 429 g/mol. The van der Waals surface area contributed by atoms with E-state index in [1.165, 1.54) is 28.6 Å². The first kappa shape index (κ1) is 18.7. The van der Waals surface area contributed by atoms with E-state index in [9.17, 15) is 9.59 Å². The van der Waals surface area contributed by atoms with E-state index in [1.54, 1.807) is 31.6 Å². The lowest BCUT2D eigenvalue weighted by Gasteiger charge is -2.09. The van der Waals surface area contributed by atoms with Crippen LogP contribution in [-0.4, -0.2) is 35.2 Å². The zero-order valence-electron chi connectivity index (χ0n) is 16.2. The number of nitrogens with zero attached hydrogens (tertiary/aromatic N) is 1. The third kappa shape index (κ3) is 3.05. The van der Waals surface area contributed by atoms with Gasteiger partial charge in [0.05, 0.1) is 24.9 Å². The number of ketones is 1. The second-order valence-corrected chi connectivity index (χ2v) is 9.58. The number of aromatic nitrogens is 2. The SMILES string of the molecule is COc1cc2c(cc1OC)C(=O)[C@H](Sc1nc3sc4c(c3c(=O)[nH]1)CCCC4)C2. The van der Waals surface area contributed by atoms with Gasteiger partial charge in [0.1, 0.15) is 4.83 Å². The van der Waals surface area contributed by atoms with Gasteiger partial charge in [-0.3, -0.25) is 9.59 Å². The van der Waals surface area contributed by atoms with Crippen LogP contribution in [0.4, 0.5) is 0 Å². The Balaban J connectivity index is 1.47. The predicted octanol–water partition coefficient (Wildman–Crippen LogP) is 3.78. The molecule has 0 saturated carbocycles. The number of thiophene rings is 1. The van der Waals surface area contributed by atoms with Crippen LogP contribution in [0.15, 0.2) is 22.1 Å². The van der Waals surface area contributed by atoms with Gasteiger partial charge in [0.15, 0.2) is 22.4 Å². The fraction of sp³-hybridized carbons (Fsp3) is 0.381. The van der Waals surface area contributed by atoms with Gasteiger partial charge in [-0.15, -0.1) is 11.3 Å². The minimum Gasteiger partial charge on any atom is -0.493 e. The number of hydrogen-bond acceptors (Lipinski definition) is 7.